The first-order valence-electron chi connectivity index (χ1n) is 16.8. The van der Waals surface area contributed by atoms with E-state index in [-0.39, 0.29) is 31.7 Å². The fraction of sp³-hybridized carbons (Fsp3) is 0.526. The van der Waals surface area contributed by atoms with Gasteiger partial charge in [-0.15, -0.1) is 11.6 Å². The van der Waals surface area contributed by atoms with Crippen LogP contribution < -0.4 is 15.4 Å². The molecule has 0 aliphatic carbocycles. The van der Waals surface area contributed by atoms with Crippen molar-refractivity contribution in [1.29, 1.82) is 0 Å². The molecule has 6 atom stereocenters. The molecule has 2 aromatic carbocycles. The summed E-state index contributed by atoms with van der Waals surface area (Å²) in [5.41, 5.74) is 2.22. The molecular formula is C38H50Cl2N2O8. The number of nitrogens with one attached hydrogen (secondary N) is 2. The van der Waals surface area contributed by atoms with Gasteiger partial charge in [-0.1, -0.05) is 62.7 Å². The third-order valence-electron chi connectivity index (χ3n) is 8.92. The van der Waals surface area contributed by atoms with E-state index in [9.17, 15) is 24.3 Å². The highest BCUT2D eigenvalue weighted by molar-refractivity contribution is 6.32. The van der Waals surface area contributed by atoms with Crippen LogP contribution in [0.4, 0.5) is 0 Å². The maximum absolute atomic E-state index is 13.7. The predicted molar refractivity (Wildman–Crippen MR) is 193 cm³/mol. The Kier molecular flexibility index (Phi) is 14.7. The molecular weight excluding hydrogens is 683 g/mol. The van der Waals surface area contributed by atoms with Crippen LogP contribution in [-0.4, -0.2) is 66.9 Å². The van der Waals surface area contributed by atoms with Gasteiger partial charge in [-0.3, -0.25) is 14.4 Å². The molecule has 274 valence electrons. The van der Waals surface area contributed by atoms with Gasteiger partial charge >= 0.3 is 11.9 Å². The van der Waals surface area contributed by atoms with Gasteiger partial charge in [0.25, 0.3) is 0 Å². The van der Waals surface area contributed by atoms with Crippen molar-refractivity contribution in [3.05, 3.63) is 75.8 Å². The molecule has 3 rings (SSSR count). The highest BCUT2D eigenvalue weighted by atomic mass is 35.5. The number of hydrogen-bond donors (Lipinski definition) is 3. The lowest BCUT2D eigenvalue weighted by Gasteiger charge is -2.32. The Morgan fingerprint density at radius 2 is 1.72 bits per heavy atom. The second-order valence-electron chi connectivity index (χ2n) is 14.1. The van der Waals surface area contributed by atoms with Crippen LogP contribution in [0.5, 0.6) is 5.75 Å². The number of cyclic esters (lactones) is 2. The van der Waals surface area contributed by atoms with Crippen LogP contribution in [0.1, 0.15) is 75.1 Å². The number of amides is 2. The van der Waals surface area contributed by atoms with Crippen molar-refractivity contribution in [1.82, 2.24) is 10.6 Å². The van der Waals surface area contributed by atoms with E-state index >= 15 is 0 Å². The summed E-state index contributed by atoms with van der Waals surface area (Å²) < 4.78 is 17.0. The number of benzene rings is 2. The standard InChI is InChI=1S/C38H50Cl2N2O8/c1-21(2)16-31-36(46)49-29(24(5)34(44)33(40)26-14-12-22(3)23(4)17-26)10-9-11-32(43)42-28(19-25-13-15-30(48-8)27(39)18-25)35(45)41-20-38(6,7)37(47)50-31/h9,11-15,17-18,21,24,28-29,31,33-34,44H,10,16,19-20H2,1-8H3,(H,41,45)(H,42,43)/b11-9+. The number of hydrogen-bond acceptors (Lipinski definition) is 8. The van der Waals surface area contributed by atoms with Gasteiger partial charge in [-0.25, -0.2) is 4.79 Å². The second-order valence-corrected chi connectivity index (χ2v) is 14.9. The van der Waals surface area contributed by atoms with Crippen LogP contribution in [-0.2, 0) is 35.1 Å². The summed E-state index contributed by atoms with van der Waals surface area (Å²) in [6.07, 6.45) is -0.297. The Bertz CT molecular complexity index is 1560. The zero-order chi connectivity index (χ0) is 37.3. The Labute approximate surface area is 305 Å². The average Bonchev–Trinajstić information content (AvgIpc) is 3.05. The molecule has 12 heteroatoms. The van der Waals surface area contributed by atoms with Crippen LogP contribution in [0, 0.1) is 31.1 Å². The molecule has 0 radical (unpaired) electrons. The van der Waals surface area contributed by atoms with Crippen molar-refractivity contribution in [3.63, 3.8) is 0 Å². The molecule has 0 fully saturated rings. The van der Waals surface area contributed by atoms with Crippen LogP contribution in [0.15, 0.2) is 48.6 Å². The number of ether oxygens (including phenoxy) is 3. The molecule has 3 N–H and O–H groups in total. The zero-order valence-corrected chi connectivity index (χ0v) is 31.6. The van der Waals surface area contributed by atoms with Gasteiger partial charge in [0.2, 0.25) is 11.8 Å². The smallest absolute Gasteiger partial charge is 0.347 e. The van der Waals surface area contributed by atoms with Gasteiger partial charge in [0.05, 0.1) is 29.0 Å². The lowest BCUT2D eigenvalue weighted by Crippen LogP contribution is -2.51. The summed E-state index contributed by atoms with van der Waals surface area (Å²) in [6.45, 7) is 12.4. The summed E-state index contributed by atoms with van der Waals surface area (Å²) in [6, 6.07) is 9.70. The Hall–Kier alpha value is -3.60. The summed E-state index contributed by atoms with van der Waals surface area (Å²) in [7, 11) is 1.49. The lowest BCUT2D eigenvalue weighted by atomic mass is 9.89. The van der Waals surface area contributed by atoms with Crippen molar-refractivity contribution in [3.8, 4) is 5.75 Å². The fourth-order valence-electron chi connectivity index (χ4n) is 5.44. The molecule has 1 heterocycles. The average molecular weight is 734 g/mol. The first kappa shape index (κ1) is 40.8. The summed E-state index contributed by atoms with van der Waals surface area (Å²) in [5, 5.41) is 16.4. The quantitative estimate of drug-likeness (QED) is 0.213. The molecule has 2 aromatic rings. The number of methoxy groups -OCH3 is 1. The normalized spacial score (nSPS) is 23.2. The van der Waals surface area contributed by atoms with Crippen molar-refractivity contribution in [2.45, 2.75) is 97.5 Å². The Morgan fingerprint density at radius 3 is 2.34 bits per heavy atom. The molecule has 1 aliphatic heterocycles. The van der Waals surface area contributed by atoms with Crippen LogP contribution in [0.3, 0.4) is 0 Å². The number of carbonyl (C=O) groups is 4. The number of esters is 2. The summed E-state index contributed by atoms with van der Waals surface area (Å²) in [4.78, 5) is 53.8. The Morgan fingerprint density at radius 1 is 1.02 bits per heavy atom. The van der Waals surface area contributed by atoms with Crippen molar-refractivity contribution >= 4 is 47.0 Å². The van der Waals surface area contributed by atoms with Gasteiger partial charge in [0, 0.05) is 25.3 Å². The highest BCUT2D eigenvalue weighted by Crippen LogP contribution is 2.33. The highest BCUT2D eigenvalue weighted by Gasteiger charge is 2.38. The first-order valence-corrected chi connectivity index (χ1v) is 17.6. The molecule has 0 bridgehead atoms. The SMILES string of the molecule is COc1ccc(CC2NC(=O)/C=C/CC(C(C)C(O)C(Cl)c3ccc(C)c(C)c3)OC(=O)C(CC(C)C)OC(=O)C(C)(C)CNC2=O)cc1Cl. The minimum Gasteiger partial charge on any atom is -0.495 e. The fourth-order valence-corrected chi connectivity index (χ4v) is 6.08. The molecule has 50 heavy (non-hydrogen) atoms. The van der Waals surface area contributed by atoms with Gasteiger partial charge in [-0.05, 0) is 80.5 Å². The summed E-state index contributed by atoms with van der Waals surface area (Å²) in [5.74, 6) is -2.88. The van der Waals surface area contributed by atoms with Crippen molar-refractivity contribution in [2.75, 3.05) is 13.7 Å². The summed E-state index contributed by atoms with van der Waals surface area (Å²) >= 11 is 13.1. The molecule has 0 saturated heterocycles. The van der Waals surface area contributed by atoms with E-state index in [2.05, 4.69) is 10.6 Å². The van der Waals surface area contributed by atoms with Crippen LogP contribution >= 0.6 is 23.2 Å². The first-order chi connectivity index (χ1) is 23.4. The number of aliphatic hydroxyl groups is 1. The third kappa shape index (κ3) is 11.2. The van der Waals surface area contributed by atoms with E-state index in [0.717, 1.165) is 11.1 Å². The van der Waals surface area contributed by atoms with E-state index in [0.29, 0.717) is 21.9 Å². The Balaban J connectivity index is 1.97. The van der Waals surface area contributed by atoms with Gasteiger partial charge < -0.3 is 30.0 Å². The van der Waals surface area contributed by atoms with E-state index < -0.39 is 64.8 Å². The van der Waals surface area contributed by atoms with Crippen LogP contribution in [0.25, 0.3) is 0 Å². The monoisotopic (exact) mass is 732 g/mol. The largest absolute Gasteiger partial charge is 0.495 e. The molecule has 2 amide bonds. The number of alkyl halides is 1. The second kappa shape index (κ2) is 18.1. The van der Waals surface area contributed by atoms with Gasteiger partial charge in [0.15, 0.2) is 6.10 Å². The maximum Gasteiger partial charge on any atom is 0.347 e. The molecule has 0 aromatic heterocycles. The topological polar surface area (TPSA) is 140 Å². The van der Waals surface area contributed by atoms with E-state index in [4.69, 9.17) is 37.4 Å². The number of halogens is 2. The van der Waals surface area contributed by atoms with E-state index in [1.165, 1.54) is 19.3 Å². The third-order valence-corrected chi connectivity index (χ3v) is 9.73. The minimum absolute atomic E-state index is 0.0205. The number of rotatable bonds is 9. The van der Waals surface area contributed by atoms with Gasteiger partial charge in [-0.2, -0.15) is 0 Å². The molecule has 10 nitrogen and oxygen atoms in total. The lowest BCUT2D eigenvalue weighted by molar-refractivity contribution is -0.180. The minimum atomic E-state index is -1.25. The number of aryl methyl sites for hydroxylation is 2. The molecule has 0 saturated carbocycles. The van der Waals surface area contributed by atoms with Crippen molar-refractivity contribution < 1.29 is 38.5 Å². The van der Waals surface area contributed by atoms with Crippen LogP contribution in [0.2, 0.25) is 5.02 Å². The molecule has 6 unspecified atom stereocenters. The molecule has 1 aliphatic rings. The maximum atomic E-state index is 13.7. The van der Waals surface area contributed by atoms with Crippen molar-refractivity contribution in [2.24, 2.45) is 17.3 Å². The number of aliphatic hydroxyl groups excluding tert-OH is 1. The van der Waals surface area contributed by atoms with E-state index in [1.54, 1.807) is 39.0 Å². The van der Waals surface area contributed by atoms with Gasteiger partial charge in [0.1, 0.15) is 17.9 Å². The molecule has 0 spiro atoms. The predicted octanol–water partition coefficient (Wildman–Crippen LogP) is 5.94. The van der Waals surface area contributed by atoms with E-state index in [1.807, 2.05) is 45.9 Å². The number of carbonyl (C=O) groups excluding carboxylic acids is 4. The zero-order valence-electron chi connectivity index (χ0n) is 30.0.